The van der Waals surface area contributed by atoms with Gasteiger partial charge in [-0.05, 0) is 60.7 Å². The normalized spacial score (nSPS) is 10.5. The Morgan fingerprint density at radius 3 is 2.06 bits per heavy atom. The molecule has 0 spiro atoms. The van der Waals surface area contributed by atoms with Crippen LogP contribution in [0.25, 0.3) is 0 Å². The molecule has 2 rings (SSSR count). The predicted octanol–water partition coefficient (Wildman–Crippen LogP) is 3.90. The molecule has 94 valence electrons. The molecule has 0 saturated heterocycles. The number of aromatic nitrogens is 3. The zero-order valence-electron chi connectivity index (χ0n) is 10.2. The van der Waals surface area contributed by atoms with E-state index < -0.39 is 0 Å². The number of benzene rings is 1. The Bertz CT molecular complexity index is 582. The highest BCUT2D eigenvalue weighted by Gasteiger charge is 2.11. The van der Waals surface area contributed by atoms with Crippen LogP contribution in [0.4, 0.5) is 0 Å². The molecule has 0 unspecified atom stereocenters. The van der Waals surface area contributed by atoms with Gasteiger partial charge in [0.1, 0.15) is 5.75 Å². The predicted molar refractivity (Wildman–Crippen MR) is 70.6 cm³/mol. The molecular formula is C12H11Cl2N3O. The molecule has 0 amide bonds. The first-order valence-corrected chi connectivity index (χ1v) is 6.04. The minimum absolute atomic E-state index is 0.00737. The topological polar surface area (TPSA) is 47.9 Å². The summed E-state index contributed by atoms with van der Waals surface area (Å²) in [7, 11) is 0. The third kappa shape index (κ3) is 2.71. The Morgan fingerprint density at radius 1 is 0.889 bits per heavy atom. The maximum absolute atomic E-state index is 5.70. The molecule has 0 bridgehead atoms. The van der Waals surface area contributed by atoms with Gasteiger partial charge in [-0.15, -0.1) is 0 Å². The van der Waals surface area contributed by atoms with Crippen molar-refractivity contribution in [3.8, 4) is 11.8 Å². The van der Waals surface area contributed by atoms with Crippen molar-refractivity contribution in [2.24, 2.45) is 0 Å². The lowest BCUT2D eigenvalue weighted by Crippen LogP contribution is -1.99. The smallest absolute Gasteiger partial charge is 0.327 e. The molecule has 1 aromatic heterocycles. The van der Waals surface area contributed by atoms with Gasteiger partial charge in [0.25, 0.3) is 0 Å². The van der Waals surface area contributed by atoms with Crippen LogP contribution in [0.5, 0.6) is 11.8 Å². The molecule has 1 heterocycles. The second kappa shape index (κ2) is 5.08. The number of ether oxygens (including phenoxy) is 1. The average molecular weight is 284 g/mol. The monoisotopic (exact) mass is 283 g/mol. The lowest BCUT2D eigenvalue weighted by Gasteiger charge is -2.12. The van der Waals surface area contributed by atoms with Crippen LogP contribution >= 0.6 is 23.2 Å². The lowest BCUT2D eigenvalue weighted by molar-refractivity contribution is 0.433. The summed E-state index contributed by atoms with van der Waals surface area (Å²) < 4.78 is 5.65. The van der Waals surface area contributed by atoms with Gasteiger partial charge in [0, 0.05) is 0 Å². The molecule has 1 aromatic carbocycles. The highest BCUT2D eigenvalue weighted by molar-refractivity contribution is 6.31. The molecule has 0 saturated carbocycles. The standard InChI is InChI=1S/C12H11Cl2N3O/c1-6-4-5-7(2)9(8(6)3)18-12-16-10(13)15-11(14)17-12/h4-5H,1-3H3. The van der Waals surface area contributed by atoms with E-state index in [0.29, 0.717) is 5.75 Å². The van der Waals surface area contributed by atoms with Crippen molar-refractivity contribution in [3.63, 3.8) is 0 Å². The van der Waals surface area contributed by atoms with Gasteiger partial charge in [-0.2, -0.15) is 15.0 Å². The van der Waals surface area contributed by atoms with Gasteiger partial charge in [-0.1, -0.05) is 12.1 Å². The lowest BCUT2D eigenvalue weighted by atomic mass is 10.1. The van der Waals surface area contributed by atoms with Crippen molar-refractivity contribution < 1.29 is 4.74 Å². The van der Waals surface area contributed by atoms with E-state index in [0.717, 1.165) is 16.7 Å². The molecule has 0 fully saturated rings. The van der Waals surface area contributed by atoms with E-state index >= 15 is 0 Å². The van der Waals surface area contributed by atoms with E-state index in [1.54, 1.807) is 0 Å². The summed E-state index contributed by atoms with van der Waals surface area (Å²) >= 11 is 11.4. The van der Waals surface area contributed by atoms with Crippen molar-refractivity contribution in [1.82, 2.24) is 15.0 Å². The molecule has 6 heteroatoms. The first-order chi connectivity index (χ1) is 8.47. The number of rotatable bonds is 2. The fourth-order valence-electron chi connectivity index (χ4n) is 1.53. The number of halogens is 2. The summed E-state index contributed by atoms with van der Waals surface area (Å²) in [6, 6.07) is 4.10. The van der Waals surface area contributed by atoms with Crippen molar-refractivity contribution in [1.29, 1.82) is 0 Å². The van der Waals surface area contributed by atoms with E-state index in [1.807, 2.05) is 32.9 Å². The maximum atomic E-state index is 5.70. The highest BCUT2D eigenvalue weighted by atomic mass is 35.5. The third-order valence-electron chi connectivity index (χ3n) is 2.63. The molecule has 0 aliphatic carbocycles. The van der Waals surface area contributed by atoms with Gasteiger partial charge >= 0.3 is 6.01 Å². The Balaban J connectivity index is 2.42. The number of aryl methyl sites for hydroxylation is 2. The molecule has 0 radical (unpaired) electrons. The minimum atomic E-state index is 0.00737. The fourth-order valence-corrected chi connectivity index (χ4v) is 1.88. The fraction of sp³-hybridized carbons (Fsp3) is 0.250. The van der Waals surface area contributed by atoms with Crippen LogP contribution in [0.15, 0.2) is 12.1 Å². The first kappa shape index (κ1) is 13.1. The molecule has 0 atom stereocenters. The Labute approximate surface area is 115 Å². The molecule has 18 heavy (non-hydrogen) atoms. The molecular weight excluding hydrogens is 273 g/mol. The van der Waals surface area contributed by atoms with Crippen molar-refractivity contribution in [2.75, 3.05) is 0 Å². The summed E-state index contributed by atoms with van der Waals surface area (Å²) in [4.78, 5) is 11.4. The zero-order chi connectivity index (χ0) is 13.3. The van der Waals surface area contributed by atoms with Crippen LogP contribution < -0.4 is 4.74 Å². The van der Waals surface area contributed by atoms with Crippen molar-refractivity contribution in [2.45, 2.75) is 20.8 Å². The summed E-state index contributed by atoms with van der Waals surface area (Å²) in [6.45, 7) is 5.93. The van der Waals surface area contributed by atoms with Gasteiger partial charge in [0.15, 0.2) is 0 Å². The van der Waals surface area contributed by atoms with E-state index in [9.17, 15) is 0 Å². The van der Waals surface area contributed by atoms with Crippen molar-refractivity contribution in [3.05, 3.63) is 39.4 Å². The van der Waals surface area contributed by atoms with E-state index in [1.165, 1.54) is 0 Å². The summed E-state index contributed by atoms with van der Waals surface area (Å²) in [6.07, 6.45) is 0. The van der Waals surface area contributed by atoms with Crippen LogP contribution in [0.1, 0.15) is 16.7 Å². The maximum Gasteiger partial charge on any atom is 0.327 e. The average Bonchev–Trinajstić information content (AvgIpc) is 2.28. The largest absolute Gasteiger partial charge is 0.424 e. The molecule has 0 aliphatic heterocycles. The van der Waals surface area contributed by atoms with Gasteiger partial charge in [-0.25, -0.2) is 0 Å². The second-order valence-corrected chi connectivity index (χ2v) is 4.59. The van der Waals surface area contributed by atoms with Gasteiger partial charge in [0.2, 0.25) is 10.6 Å². The number of hydrogen-bond donors (Lipinski definition) is 0. The van der Waals surface area contributed by atoms with Crippen LogP contribution in [0.2, 0.25) is 10.6 Å². The van der Waals surface area contributed by atoms with Crippen LogP contribution in [0, 0.1) is 20.8 Å². The Morgan fingerprint density at radius 2 is 1.44 bits per heavy atom. The van der Waals surface area contributed by atoms with Crippen LogP contribution in [0.3, 0.4) is 0 Å². The van der Waals surface area contributed by atoms with E-state index in [4.69, 9.17) is 27.9 Å². The Hall–Kier alpha value is -1.39. The number of hydrogen-bond acceptors (Lipinski definition) is 4. The van der Waals surface area contributed by atoms with Crippen LogP contribution in [-0.4, -0.2) is 15.0 Å². The van der Waals surface area contributed by atoms with E-state index in [2.05, 4.69) is 15.0 Å². The summed E-state index contributed by atoms with van der Waals surface area (Å²) in [5.41, 5.74) is 3.15. The minimum Gasteiger partial charge on any atom is -0.424 e. The molecule has 4 nitrogen and oxygen atoms in total. The SMILES string of the molecule is Cc1ccc(C)c(Oc2nc(Cl)nc(Cl)n2)c1C. The first-order valence-electron chi connectivity index (χ1n) is 5.29. The number of nitrogens with zero attached hydrogens (tertiary/aromatic N) is 3. The van der Waals surface area contributed by atoms with Crippen LogP contribution in [-0.2, 0) is 0 Å². The Kier molecular flexibility index (Phi) is 3.68. The van der Waals surface area contributed by atoms with Gasteiger partial charge < -0.3 is 4.74 Å². The van der Waals surface area contributed by atoms with Gasteiger partial charge in [0.05, 0.1) is 0 Å². The molecule has 2 aromatic rings. The van der Waals surface area contributed by atoms with Crippen molar-refractivity contribution >= 4 is 23.2 Å². The quantitative estimate of drug-likeness (QED) is 0.839. The van der Waals surface area contributed by atoms with E-state index in [-0.39, 0.29) is 16.6 Å². The molecule has 0 aliphatic rings. The van der Waals surface area contributed by atoms with Gasteiger partial charge in [-0.3, -0.25) is 0 Å². The summed E-state index contributed by atoms with van der Waals surface area (Å²) in [5, 5.41) is 0.0147. The zero-order valence-corrected chi connectivity index (χ0v) is 11.7. The highest BCUT2D eigenvalue weighted by Crippen LogP contribution is 2.29. The summed E-state index contributed by atoms with van der Waals surface area (Å²) in [5.74, 6) is 0.716. The second-order valence-electron chi connectivity index (χ2n) is 3.91. The third-order valence-corrected chi connectivity index (χ3v) is 2.97. The molecule has 0 N–H and O–H groups in total.